The highest BCUT2D eigenvalue weighted by Gasteiger charge is 2.36. The summed E-state index contributed by atoms with van der Waals surface area (Å²) in [5.74, 6) is 0. The van der Waals surface area contributed by atoms with Crippen LogP contribution in [-0.4, -0.2) is 10.6 Å². The van der Waals surface area contributed by atoms with E-state index in [2.05, 4.69) is 141 Å². The van der Waals surface area contributed by atoms with Gasteiger partial charge in [0.1, 0.15) is 0 Å². The molecule has 0 unspecified atom stereocenters. The molecule has 0 fully saturated rings. The molecule has 1 aromatic heterocycles. The molecule has 0 saturated heterocycles. The summed E-state index contributed by atoms with van der Waals surface area (Å²) in [6, 6.07) is 48.4. The summed E-state index contributed by atoms with van der Waals surface area (Å²) >= 11 is 0. The van der Waals surface area contributed by atoms with Crippen LogP contribution in [0.1, 0.15) is 0 Å². The monoisotopic (exact) mass is 435 g/mol. The highest BCUT2D eigenvalue weighted by molar-refractivity contribution is 6.10. The van der Waals surface area contributed by atoms with Crippen LogP contribution in [0.15, 0.2) is 127 Å². The molecule has 34 heavy (non-hydrogen) atoms. The van der Waals surface area contributed by atoms with Gasteiger partial charge in [-0.2, -0.15) is 0 Å². The summed E-state index contributed by atoms with van der Waals surface area (Å²) in [5, 5.41) is 2.50. The maximum atomic E-state index is 3.60. The maximum absolute atomic E-state index is 3.60. The molecule has 0 radical (unpaired) electrons. The van der Waals surface area contributed by atoms with Gasteiger partial charge in [0.15, 0.2) is 0 Å². The van der Waals surface area contributed by atoms with Gasteiger partial charge >= 0.3 is 6.01 Å². The molecule has 0 spiro atoms. The van der Waals surface area contributed by atoms with Crippen LogP contribution in [0.3, 0.4) is 0 Å². The molecular weight excluding hydrogens is 414 g/mol. The molecule has 0 N–H and O–H groups in total. The van der Waals surface area contributed by atoms with Gasteiger partial charge in [-0.3, -0.25) is 0 Å². The van der Waals surface area contributed by atoms with Gasteiger partial charge < -0.3 is 4.57 Å². The summed E-state index contributed by atoms with van der Waals surface area (Å²) in [4.78, 5) is 0. The van der Waals surface area contributed by atoms with E-state index in [-0.39, 0.29) is 0 Å². The standard InChI is InChI=1S/C31H21N3/c1-3-11-23(12-4-1)32-22-33(30-18-10-9-17-29(30)32)25-19-20-27-26-15-7-8-16-28(26)34(31(27)21-25)24-13-5-2-6-14-24/h1-21H/q+2. The van der Waals surface area contributed by atoms with Gasteiger partial charge in [0.25, 0.3) is 11.4 Å². The van der Waals surface area contributed by atoms with Crippen molar-refractivity contribution in [3.8, 4) is 5.69 Å². The quantitative estimate of drug-likeness (QED) is 0.253. The second-order valence-corrected chi connectivity index (χ2v) is 8.48. The maximum Gasteiger partial charge on any atom is 0.503 e. The molecule has 2 heterocycles. The van der Waals surface area contributed by atoms with Crippen molar-refractivity contribution >= 4 is 50.6 Å². The molecule has 3 heteroatoms. The minimum atomic E-state index is 1.08. The Kier molecular flexibility index (Phi) is 4.10. The molecule has 1 aliphatic rings. The van der Waals surface area contributed by atoms with Crippen molar-refractivity contribution in [3.05, 3.63) is 127 Å². The molecule has 7 rings (SSSR count). The van der Waals surface area contributed by atoms with Crippen molar-refractivity contribution in [1.82, 2.24) is 13.7 Å². The fraction of sp³-hybridized carbons (Fsp3) is 0. The van der Waals surface area contributed by atoms with E-state index in [1.165, 1.54) is 21.8 Å². The van der Waals surface area contributed by atoms with Gasteiger partial charge in [-0.25, -0.2) is 0 Å². The Hall–Kier alpha value is -4.72. The van der Waals surface area contributed by atoms with E-state index in [9.17, 15) is 0 Å². The average molecular weight is 436 g/mol. The number of fused-ring (bicyclic) bond motifs is 4. The van der Waals surface area contributed by atoms with Crippen LogP contribution in [0.25, 0.3) is 27.5 Å². The molecule has 0 saturated carbocycles. The number of rotatable bonds is 3. The van der Waals surface area contributed by atoms with E-state index in [1.807, 2.05) is 6.07 Å². The molecule has 0 amide bonds. The third-order valence-electron chi connectivity index (χ3n) is 6.51. The number of hydrogen-bond donors (Lipinski definition) is 0. The minimum Gasteiger partial charge on any atom is -0.309 e. The van der Waals surface area contributed by atoms with Crippen molar-refractivity contribution in [2.24, 2.45) is 0 Å². The van der Waals surface area contributed by atoms with E-state index < -0.39 is 0 Å². The van der Waals surface area contributed by atoms with Gasteiger partial charge in [-0.05, 0) is 33.4 Å². The van der Waals surface area contributed by atoms with Crippen molar-refractivity contribution in [2.75, 3.05) is 0 Å². The predicted molar refractivity (Wildman–Crippen MR) is 142 cm³/mol. The first-order valence-corrected chi connectivity index (χ1v) is 11.5. The molecular formula is C31H21N3+2. The zero-order chi connectivity index (χ0) is 22.5. The van der Waals surface area contributed by atoms with Gasteiger partial charge in [0, 0.05) is 52.9 Å². The van der Waals surface area contributed by atoms with Crippen LogP contribution in [0, 0.1) is 0 Å². The van der Waals surface area contributed by atoms with Gasteiger partial charge in [-0.15, -0.1) is 0 Å². The molecule has 3 nitrogen and oxygen atoms in total. The Morgan fingerprint density at radius 3 is 1.82 bits per heavy atom. The van der Waals surface area contributed by atoms with Crippen LogP contribution >= 0.6 is 0 Å². The lowest BCUT2D eigenvalue weighted by atomic mass is 10.1. The van der Waals surface area contributed by atoms with Crippen LogP contribution < -0.4 is 9.15 Å². The van der Waals surface area contributed by atoms with Crippen molar-refractivity contribution < 1.29 is 0 Å². The second-order valence-electron chi connectivity index (χ2n) is 8.48. The highest BCUT2D eigenvalue weighted by atomic mass is 15.2. The molecule has 158 valence electrons. The van der Waals surface area contributed by atoms with Gasteiger partial charge in [0.05, 0.1) is 11.0 Å². The summed E-state index contributed by atoms with van der Waals surface area (Å²) in [7, 11) is 0. The Labute approximate surface area is 197 Å². The molecule has 6 aromatic rings. The predicted octanol–water partition coefficient (Wildman–Crippen LogP) is 7.64. The highest BCUT2D eigenvalue weighted by Crippen LogP contribution is 2.38. The number of benzene rings is 5. The third kappa shape index (κ3) is 2.78. The normalized spacial score (nSPS) is 12.6. The van der Waals surface area contributed by atoms with E-state index in [4.69, 9.17) is 0 Å². The Morgan fingerprint density at radius 1 is 0.471 bits per heavy atom. The van der Waals surface area contributed by atoms with E-state index in [1.54, 1.807) is 0 Å². The number of nitrogens with zero attached hydrogens (tertiary/aromatic N) is 3. The van der Waals surface area contributed by atoms with E-state index in [0.717, 1.165) is 28.4 Å². The number of para-hydroxylation sites is 5. The Morgan fingerprint density at radius 2 is 1.06 bits per heavy atom. The molecule has 0 bridgehead atoms. The molecule has 0 atom stereocenters. The first-order chi connectivity index (χ1) is 16.9. The van der Waals surface area contributed by atoms with Crippen molar-refractivity contribution in [3.63, 3.8) is 0 Å². The molecule has 5 aromatic carbocycles. The zero-order valence-electron chi connectivity index (χ0n) is 18.5. The first kappa shape index (κ1) is 18.8. The van der Waals surface area contributed by atoms with Crippen LogP contribution in [0.4, 0.5) is 22.7 Å². The fourth-order valence-electron chi connectivity index (χ4n) is 4.97. The van der Waals surface area contributed by atoms with E-state index in [0.29, 0.717) is 0 Å². The SMILES string of the molecule is C1=[N+](c2ccccc2)c2ccccc2[N+]=1c1ccc2c3ccccc3n(-c3ccccc3)c2c1. The summed E-state index contributed by atoms with van der Waals surface area (Å²) in [5.41, 5.74) is 7.97. The van der Waals surface area contributed by atoms with Crippen LogP contribution in [-0.2, 0) is 0 Å². The van der Waals surface area contributed by atoms with Crippen LogP contribution in [0.2, 0.25) is 0 Å². The van der Waals surface area contributed by atoms with Gasteiger partial charge in [0.2, 0.25) is 11.4 Å². The first-order valence-electron chi connectivity index (χ1n) is 11.5. The summed E-state index contributed by atoms with van der Waals surface area (Å²) in [6.45, 7) is 0. The largest absolute Gasteiger partial charge is 0.503 e. The summed E-state index contributed by atoms with van der Waals surface area (Å²) < 4.78 is 6.64. The van der Waals surface area contributed by atoms with Crippen molar-refractivity contribution in [2.45, 2.75) is 0 Å². The molecule has 0 aliphatic carbocycles. The Bertz CT molecular complexity index is 1770. The van der Waals surface area contributed by atoms with Crippen LogP contribution in [0.5, 0.6) is 0 Å². The molecule has 1 aliphatic heterocycles. The average Bonchev–Trinajstić information content (AvgIpc) is 3.46. The number of aromatic nitrogens is 1. The fourth-order valence-corrected chi connectivity index (χ4v) is 4.97. The second kappa shape index (κ2) is 7.41. The minimum absolute atomic E-state index is 1.08. The van der Waals surface area contributed by atoms with Crippen molar-refractivity contribution in [1.29, 1.82) is 0 Å². The lowest BCUT2D eigenvalue weighted by Gasteiger charge is -2.07. The third-order valence-corrected chi connectivity index (χ3v) is 6.51. The Balaban J connectivity index is 1.52. The lowest BCUT2D eigenvalue weighted by Crippen LogP contribution is -2.01. The smallest absolute Gasteiger partial charge is 0.309 e. The summed E-state index contributed by atoms with van der Waals surface area (Å²) in [6.07, 6.45) is 0. The zero-order valence-corrected chi connectivity index (χ0v) is 18.5. The van der Waals surface area contributed by atoms with Gasteiger partial charge in [-0.1, -0.05) is 66.7 Å². The topological polar surface area (TPSA) is 10.9 Å². The van der Waals surface area contributed by atoms with E-state index >= 15 is 0 Å². The number of hydrogen-bond acceptors (Lipinski definition) is 0. The lowest BCUT2D eigenvalue weighted by molar-refractivity contribution is 1.11.